The number of carboxylic acids is 1. The third-order valence-electron chi connectivity index (χ3n) is 6.07. The lowest BCUT2D eigenvalue weighted by Crippen LogP contribution is -2.14. The van der Waals surface area contributed by atoms with Crippen LogP contribution in [-0.4, -0.2) is 30.1 Å². The van der Waals surface area contributed by atoms with E-state index < -0.39 is 16.0 Å². The van der Waals surface area contributed by atoms with Gasteiger partial charge in [-0.05, 0) is 72.1 Å². The van der Waals surface area contributed by atoms with E-state index in [2.05, 4.69) is 4.85 Å². The molecular formula is C28H21ClN2O5S3. The van der Waals surface area contributed by atoms with Crippen molar-refractivity contribution in [3.8, 4) is 27.4 Å². The summed E-state index contributed by atoms with van der Waals surface area (Å²) in [4.78, 5) is 15.3. The van der Waals surface area contributed by atoms with Crippen LogP contribution >= 0.6 is 34.3 Å². The molecule has 0 aliphatic heterocycles. The van der Waals surface area contributed by atoms with Gasteiger partial charge >= 0.3 is 5.97 Å². The Kier molecular flexibility index (Phi) is 7.77. The predicted octanol–water partition coefficient (Wildman–Crippen LogP) is 8.17. The first-order valence-corrected chi connectivity index (χ1v) is 15.4. The summed E-state index contributed by atoms with van der Waals surface area (Å²) in [6, 6.07) is 16.8. The summed E-state index contributed by atoms with van der Waals surface area (Å²) in [5.74, 6) is -0.325. The van der Waals surface area contributed by atoms with Crippen LogP contribution in [0.1, 0.15) is 19.3 Å². The predicted molar refractivity (Wildman–Crippen MR) is 156 cm³/mol. The molecule has 0 aliphatic rings. The zero-order chi connectivity index (χ0) is 27.6. The molecule has 0 fully saturated rings. The second-order valence-corrected chi connectivity index (χ2v) is 12.6. The summed E-state index contributed by atoms with van der Waals surface area (Å²) in [5, 5.41) is 14.1. The molecule has 0 spiro atoms. The Bertz CT molecular complexity index is 1800. The van der Waals surface area contributed by atoms with E-state index in [9.17, 15) is 13.2 Å². The van der Waals surface area contributed by atoms with Crippen LogP contribution in [0.4, 0.5) is 5.00 Å². The zero-order valence-electron chi connectivity index (χ0n) is 20.3. The second kappa shape index (κ2) is 11.2. The number of halogens is 1. The van der Waals surface area contributed by atoms with Crippen LogP contribution in [0.15, 0.2) is 76.3 Å². The van der Waals surface area contributed by atoms with E-state index in [0.29, 0.717) is 62.9 Å². The number of carbonyl (C=O) groups is 1. The van der Waals surface area contributed by atoms with Crippen LogP contribution in [0, 0.1) is 6.57 Å². The van der Waals surface area contributed by atoms with E-state index in [0.717, 1.165) is 4.88 Å². The van der Waals surface area contributed by atoms with Crippen molar-refractivity contribution in [3.05, 3.63) is 87.9 Å². The first-order chi connectivity index (χ1) is 18.8. The fourth-order valence-electron chi connectivity index (χ4n) is 4.35. The molecule has 0 saturated carbocycles. The third-order valence-corrected chi connectivity index (χ3v) is 9.73. The number of carboxylic acid groups (broad SMARTS) is 1. The van der Waals surface area contributed by atoms with E-state index in [4.69, 9.17) is 28.0 Å². The smallest absolute Gasteiger partial charge is 0.303 e. The van der Waals surface area contributed by atoms with Gasteiger partial charge in [0.05, 0.1) is 34.2 Å². The van der Waals surface area contributed by atoms with Gasteiger partial charge in [-0.2, -0.15) is 11.3 Å². The number of ether oxygens (including phenoxy) is 1. The summed E-state index contributed by atoms with van der Waals surface area (Å²) >= 11 is 8.75. The molecule has 2 aromatic carbocycles. The average molecular weight is 597 g/mol. The molecule has 5 aromatic rings. The number of thiophene rings is 2. The van der Waals surface area contributed by atoms with Gasteiger partial charge in [0.1, 0.15) is 5.75 Å². The van der Waals surface area contributed by atoms with Gasteiger partial charge in [0.15, 0.2) is 0 Å². The lowest BCUT2D eigenvalue weighted by molar-refractivity contribution is -0.137. The Balaban J connectivity index is 1.75. The zero-order valence-corrected chi connectivity index (χ0v) is 23.5. The monoisotopic (exact) mass is 596 g/mol. The van der Waals surface area contributed by atoms with Gasteiger partial charge in [-0.15, -0.1) is 11.3 Å². The van der Waals surface area contributed by atoms with Gasteiger partial charge in [0.25, 0.3) is 10.0 Å². The second-order valence-electron chi connectivity index (χ2n) is 8.55. The Morgan fingerprint density at radius 1 is 1.05 bits per heavy atom. The molecule has 0 aliphatic carbocycles. The van der Waals surface area contributed by atoms with E-state index in [1.54, 1.807) is 18.2 Å². The summed E-state index contributed by atoms with van der Waals surface area (Å²) in [6.07, 6.45) is 1.13. The lowest BCUT2D eigenvalue weighted by atomic mass is 10.0. The van der Waals surface area contributed by atoms with Crippen LogP contribution in [0.5, 0.6) is 5.75 Å². The fourth-order valence-corrected chi connectivity index (χ4v) is 7.52. The van der Waals surface area contributed by atoms with Gasteiger partial charge < -0.3 is 9.84 Å². The van der Waals surface area contributed by atoms with Gasteiger partial charge in [0, 0.05) is 28.0 Å². The average Bonchev–Trinajstić information content (AvgIpc) is 3.66. The maximum absolute atomic E-state index is 14.2. The molecule has 0 radical (unpaired) electrons. The Hall–Kier alpha value is -3.62. The van der Waals surface area contributed by atoms with Gasteiger partial charge in [-0.25, -0.2) is 17.2 Å². The molecule has 7 nitrogen and oxygen atoms in total. The number of hydrogen-bond donors (Lipinski definition) is 1. The van der Waals surface area contributed by atoms with Crippen molar-refractivity contribution in [2.45, 2.75) is 24.2 Å². The van der Waals surface area contributed by atoms with Crippen molar-refractivity contribution < 1.29 is 23.1 Å². The molecule has 5 rings (SSSR count). The summed E-state index contributed by atoms with van der Waals surface area (Å²) < 4.78 is 35.6. The molecule has 0 bridgehead atoms. The number of rotatable bonds is 10. The minimum Gasteiger partial charge on any atom is -0.494 e. The van der Waals surface area contributed by atoms with Crippen molar-refractivity contribution >= 4 is 66.2 Å². The highest BCUT2D eigenvalue weighted by Gasteiger charge is 2.30. The Labute approximate surface area is 238 Å². The third kappa shape index (κ3) is 5.31. The van der Waals surface area contributed by atoms with Crippen molar-refractivity contribution in [1.29, 1.82) is 0 Å². The molecule has 39 heavy (non-hydrogen) atoms. The maximum atomic E-state index is 14.2. The molecule has 0 saturated heterocycles. The molecule has 3 heterocycles. The Morgan fingerprint density at radius 2 is 1.85 bits per heavy atom. The number of aliphatic carboxylic acids is 1. The number of benzene rings is 2. The minimum atomic E-state index is -4.08. The molecule has 0 unspecified atom stereocenters. The van der Waals surface area contributed by atoms with Crippen LogP contribution in [0.25, 0.3) is 37.4 Å². The SMILES string of the molecule is [C-]#[N+]c1sccc1-c1c(-c2cccs2)n(S(=O)(=O)c2ccc(Cl)cc2)c2ccc(OCCCCC(=O)O)cc12. The maximum Gasteiger partial charge on any atom is 0.303 e. The molecule has 1 N–H and O–H groups in total. The standard InChI is InChI=1S/C28H21ClN2O5S3/c1-30-28-21(13-16-38-28)26-22-17-19(36-14-3-2-6-25(32)33)9-12-23(22)31(27(26)24-5-4-15-37-24)39(34,35)20-10-7-18(29)8-11-20/h4-5,7-13,15-17H,2-3,6,14H2,(H,32,33). The van der Waals surface area contributed by atoms with E-state index >= 15 is 0 Å². The number of fused-ring (bicyclic) bond motifs is 1. The van der Waals surface area contributed by atoms with E-state index in [1.807, 2.05) is 29.0 Å². The molecular weight excluding hydrogens is 576 g/mol. The van der Waals surface area contributed by atoms with E-state index in [1.165, 1.54) is 50.9 Å². The van der Waals surface area contributed by atoms with Crippen LogP contribution in [0.3, 0.4) is 0 Å². The first-order valence-electron chi connectivity index (χ1n) is 11.8. The highest BCUT2D eigenvalue weighted by Crippen LogP contribution is 2.49. The van der Waals surface area contributed by atoms with Crippen molar-refractivity contribution in [2.24, 2.45) is 0 Å². The highest BCUT2D eigenvalue weighted by atomic mass is 35.5. The normalized spacial score (nSPS) is 11.5. The van der Waals surface area contributed by atoms with Crippen molar-refractivity contribution in [3.63, 3.8) is 0 Å². The summed E-state index contributed by atoms with van der Waals surface area (Å²) in [5.41, 5.74) is 2.20. The summed E-state index contributed by atoms with van der Waals surface area (Å²) in [6.45, 7) is 8.05. The number of hydrogen-bond acceptors (Lipinski definition) is 6. The van der Waals surface area contributed by atoms with Gasteiger partial charge in [-0.3, -0.25) is 4.79 Å². The molecule has 3 aromatic heterocycles. The van der Waals surface area contributed by atoms with Crippen LogP contribution in [0.2, 0.25) is 5.02 Å². The number of aromatic nitrogens is 1. The lowest BCUT2D eigenvalue weighted by Gasteiger charge is -2.13. The summed E-state index contributed by atoms with van der Waals surface area (Å²) in [7, 11) is -4.08. The molecule has 0 amide bonds. The first kappa shape index (κ1) is 27.0. The minimum absolute atomic E-state index is 0.0691. The Morgan fingerprint density at radius 3 is 2.54 bits per heavy atom. The highest BCUT2D eigenvalue weighted by molar-refractivity contribution is 7.90. The topological polar surface area (TPSA) is 90.0 Å². The van der Waals surface area contributed by atoms with Crippen molar-refractivity contribution in [1.82, 2.24) is 3.97 Å². The molecule has 198 valence electrons. The number of unbranched alkanes of at least 4 members (excludes halogenated alkanes) is 1. The largest absolute Gasteiger partial charge is 0.494 e. The molecule has 11 heteroatoms. The number of nitrogens with zero attached hydrogens (tertiary/aromatic N) is 2. The van der Waals surface area contributed by atoms with E-state index in [-0.39, 0.29) is 11.3 Å². The van der Waals surface area contributed by atoms with Crippen molar-refractivity contribution in [2.75, 3.05) is 6.61 Å². The quantitative estimate of drug-likeness (QED) is 0.130. The fraction of sp³-hybridized carbons (Fsp3) is 0.143. The van der Waals surface area contributed by atoms with Crippen LogP contribution < -0.4 is 4.74 Å². The van der Waals surface area contributed by atoms with Gasteiger partial charge in [-0.1, -0.05) is 23.7 Å². The van der Waals surface area contributed by atoms with Gasteiger partial charge in [0.2, 0.25) is 5.00 Å². The van der Waals surface area contributed by atoms with Crippen LogP contribution in [-0.2, 0) is 14.8 Å². The molecule has 0 atom stereocenters.